The average Bonchev–Trinajstić information content (AvgIpc) is 2.61. The molecule has 0 aliphatic heterocycles. The van der Waals surface area contributed by atoms with Crippen LogP contribution < -0.4 is 14.8 Å². The molecule has 1 fully saturated rings. The van der Waals surface area contributed by atoms with Gasteiger partial charge in [0.25, 0.3) is 0 Å². The van der Waals surface area contributed by atoms with Crippen LogP contribution in [0.1, 0.15) is 66.2 Å². The molecule has 2 N–H and O–H groups in total. The van der Waals surface area contributed by atoms with Crippen molar-refractivity contribution in [2.75, 3.05) is 18.5 Å². The summed E-state index contributed by atoms with van der Waals surface area (Å²) in [4.78, 5) is 0. The maximum Gasteiger partial charge on any atom is 0.216 e. The number of anilines is 1. The predicted molar refractivity (Wildman–Crippen MR) is 113 cm³/mol. The third kappa shape index (κ3) is 7.00. The predicted octanol–water partition coefficient (Wildman–Crippen LogP) is 4.55. The number of benzene rings is 1. The van der Waals surface area contributed by atoms with Gasteiger partial charge in [-0.25, -0.2) is 13.1 Å². The number of ether oxygens (including phenoxy) is 1. The Morgan fingerprint density at radius 3 is 2.26 bits per heavy atom. The molecule has 0 unspecified atom stereocenters. The lowest BCUT2D eigenvalue weighted by Gasteiger charge is -2.31. The van der Waals surface area contributed by atoms with Gasteiger partial charge in [-0.3, -0.25) is 0 Å². The minimum absolute atomic E-state index is 0.0741. The molecule has 6 heteroatoms. The van der Waals surface area contributed by atoms with Crippen molar-refractivity contribution in [3.05, 3.63) is 24.3 Å². The normalized spacial score (nSPS) is 21.0. The fraction of sp³-hybridized carbons (Fsp3) is 0.714. The first-order valence-electron chi connectivity index (χ1n) is 10.2. The Balaban J connectivity index is 1.72. The summed E-state index contributed by atoms with van der Waals surface area (Å²) in [5.41, 5.74) is 1.11. The molecule has 0 heterocycles. The molecule has 0 saturated heterocycles. The molecule has 5 nitrogen and oxygen atoms in total. The fourth-order valence-electron chi connectivity index (χ4n) is 3.15. The van der Waals surface area contributed by atoms with Gasteiger partial charge in [0.2, 0.25) is 10.0 Å². The van der Waals surface area contributed by atoms with Crippen LogP contribution in [0.5, 0.6) is 5.75 Å². The second-order valence-electron chi connectivity index (χ2n) is 8.56. The quantitative estimate of drug-likeness (QED) is 0.601. The smallest absolute Gasteiger partial charge is 0.216 e. The van der Waals surface area contributed by atoms with Gasteiger partial charge in [0.1, 0.15) is 5.75 Å². The van der Waals surface area contributed by atoms with Gasteiger partial charge >= 0.3 is 0 Å². The number of nitrogens with one attached hydrogen (secondary N) is 2. The van der Waals surface area contributed by atoms with Crippen LogP contribution >= 0.6 is 0 Å². The molecule has 2 rings (SSSR count). The maximum absolute atomic E-state index is 12.3. The Hall–Kier alpha value is -1.27. The summed E-state index contributed by atoms with van der Waals surface area (Å²) in [6.07, 6.45) is 6.12. The van der Waals surface area contributed by atoms with Gasteiger partial charge in [-0.1, -0.05) is 13.3 Å². The van der Waals surface area contributed by atoms with Crippen LogP contribution in [0.2, 0.25) is 0 Å². The molecule has 0 spiro atoms. The molecule has 1 aromatic rings. The van der Waals surface area contributed by atoms with Crippen LogP contribution in [0.25, 0.3) is 0 Å². The lowest BCUT2D eigenvalue weighted by atomic mass is 9.86. The van der Waals surface area contributed by atoms with Crippen LogP contribution in [-0.2, 0) is 10.0 Å². The molecule has 1 saturated carbocycles. The zero-order valence-corrected chi connectivity index (χ0v) is 18.1. The Bertz CT molecular complexity index is 658. The Morgan fingerprint density at radius 1 is 1.07 bits per heavy atom. The van der Waals surface area contributed by atoms with E-state index in [1.165, 1.54) is 0 Å². The summed E-state index contributed by atoms with van der Waals surface area (Å²) in [6.45, 7) is 9.07. The van der Waals surface area contributed by atoms with Crippen molar-refractivity contribution >= 4 is 15.7 Å². The zero-order chi connectivity index (χ0) is 19.9. The van der Waals surface area contributed by atoms with Crippen molar-refractivity contribution in [3.8, 4) is 5.75 Å². The molecule has 1 aliphatic rings. The SMILES string of the molecule is CCCCOc1ccc(NC[C@H]2CC[C@H](NS(=O)(=O)C(C)(C)C)CC2)cc1. The van der Waals surface area contributed by atoms with Crippen molar-refractivity contribution in [1.29, 1.82) is 0 Å². The summed E-state index contributed by atoms with van der Waals surface area (Å²) in [5.74, 6) is 1.50. The van der Waals surface area contributed by atoms with Crippen molar-refractivity contribution < 1.29 is 13.2 Å². The van der Waals surface area contributed by atoms with E-state index in [1.54, 1.807) is 20.8 Å². The second-order valence-corrected chi connectivity index (χ2v) is 11.0. The van der Waals surface area contributed by atoms with Gasteiger partial charge in [0, 0.05) is 18.3 Å². The molecule has 0 bridgehead atoms. The molecule has 154 valence electrons. The van der Waals surface area contributed by atoms with E-state index in [-0.39, 0.29) is 6.04 Å². The zero-order valence-electron chi connectivity index (χ0n) is 17.3. The average molecular weight is 397 g/mol. The van der Waals surface area contributed by atoms with Crippen LogP contribution in [0, 0.1) is 5.92 Å². The summed E-state index contributed by atoms with van der Waals surface area (Å²) >= 11 is 0. The molecule has 0 radical (unpaired) electrons. The van der Waals surface area contributed by atoms with Gasteiger partial charge in [-0.2, -0.15) is 0 Å². The second kappa shape index (κ2) is 9.78. The maximum atomic E-state index is 12.3. The number of hydrogen-bond acceptors (Lipinski definition) is 4. The van der Waals surface area contributed by atoms with Gasteiger partial charge < -0.3 is 10.1 Å². The van der Waals surface area contributed by atoms with Crippen LogP contribution in [-0.4, -0.2) is 32.4 Å². The third-order valence-corrected chi connectivity index (χ3v) is 7.45. The first-order chi connectivity index (χ1) is 12.7. The summed E-state index contributed by atoms with van der Waals surface area (Å²) in [5, 5.41) is 3.50. The molecule has 0 amide bonds. The monoisotopic (exact) mass is 396 g/mol. The number of rotatable bonds is 9. The van der Waals surface area contributed by atoms with Crippen molar-refractivity contribution in [2.24, 2.45) is 5.92 Å². The fourth-order valence-corrected chi connectivity index (χ4v) is 4.17. The highest BCUT2D eigenvalue weighted by Gasteiger charge is 2.32. The number of sulfonamides is 1. The molecule has 1 aromatic carbocycles. The van der Waals surface area contributed by atoms with E-state index in [2.05, 4.69) is 29.1 Å². The van der Waals surface area contributed by atoms with E-state index in [0.717, 1.165) is 63.1 Å². The van der Waals surface area contributed by atoms with E-state index in [0.29, 0.717) is 5.92 Å². The molecular formula is C21H36N2O3S. The highest BCUT2D eigenvalue weighted by atomic mass is 32.2. The first kappa shape index (κ1) is 22.0. The van der Waals surface area contributed by atoms with E-state index in [9.17, 15) is 8.42 Å². The van der Waals surface area contributed by atoms with Gasteiger partial charge in [0.15, 0.2) is 0 Å². The summed E-state index contributed by atoms with van der Waals surface area (Å²) < 4.78 is 32.4. The molecule has 27 heavy (non-hydrogen) atoms. The number of hydrogen-bond donors (Lipinski definition) is 2. The summed E-state index contributed by atoms with van der Waals surface area (Å²) in [6, 6.07) is 8.21. The lowest BCUT2D eigenvalue weighted by molar-refractivity contribution is 0.309. The molecular weight excluding hydrogens is 360 g/mol. The van der Waals surface area contributed by atoms with E-state index < -0.39 is 14.8 Å². The van der Waals surface area contributed by atoms with Crippen molar-refractivity contribution in [3.63, 3.8) is 0 Å². The van der Waals surface area contributed by atoms with Crippen LogP contribution in [0.4, 0.5) is 5.69 Å². The van der Waals surface area contributed by atoms with Crippen molar-refractivity contribution in [1.82, 2.24) is 4.72 Å². The standard InChI is InChI=1S/C21H36N2O3S/c1-5-6-15-26-20-13-11-18(12-14-20)22-16-17-7-9-19(10-8-17)23-27(24,25)21(2,3)4/h11-14,17,19,22-23H,5-10,15-16H2,1-4H3/t17-,19-. The number of unbranched alkanes of at least 4 members (excludes halogenated alkanes) is 1. The van der Waals surface area contributed by atoms with Crippen LogP contribution in [0.15, 0.2) is 24.3 Å². The molecule has 1 aliphatic carbocycles. The first-order valence-corrected chi connectivity index (χ1v) is 11.7. The molecule has 0 aromatic heterocycles. The highest BCUT2D eigenvalue weighted by Crippen LogP contribution is 2.27. The van der Waals surface area contributed by atoms with Gasteiger partial charge in [0.05, 0.1) is 11.4 Å². The largest absolute Gasteiger partial charge is 0.494 e. The summed E-state index contributed by atoms with van der Waals surface area (Å²) in [7, 11) is -3.26. The molecule has 0 atom stereocenters. The Labute approximate surface area is 165 Å². The minimum atomic E-state index is -3.26. The van der Waals surface area contributed by atoms with E-state index in [4.69, 9.17) is 4.74 Å². The minimum Gasteiger partial charge on any atom is -0.494 e. The van der Waals surface area contributed by atoms with Crippen molar-refractivity contribution in [2.45, 2.75) is 77.0 Å². The lowest BCUT2D eigenvalue weighted by Crippen LogP contribution is -2.46. The third-order valence-electron chi connectivity index (χ3n) is 5.19. The Morgan fingerprint density at radius 2 is 1.70 bits per heavy atom. The Kier molecular flexibility index (Phi) is 7.98. The van der Waals surface area contributed by atoms with Gasteiger partial charge in [-0.15, -0.1) is 0 Å². The van der Waals surface area contributed by atoms with Crippen LogP contribution in [0.3, 0.4) is 0 Å². The van der Waals surface area contributed by atoms with Gasteiger partial charge in [-0.05, 0) is 83.1 Å². The van der Waals surface area contributed by atoms with E-state index >= 15 is 0 Å². The highest BCUT2D eigenvalue weighted by molar-refractivity contribution is 7.90. The van der Waals surface area contributed by atoms with E-state index in [1.807, 2.05) is 12.1 Å². The topological polar surface area (TPSA) is 67.4 Å².